The van der Waals surface area contributed by atoms with Crippen LogP contribution in [0.1, 0.15) is 23.6 Å². The molecule has 2 N–H and O–H groups in total. The molecule has 0 saturated carbocycles. The van der Waals surface area contributed by atoms with E-state index >= 15 is 0 Å². The van der Waals surface area contributed by atoms with Crippen LogP contribution in [0.5, 0.6) is 0 Å². The van der Waals surface area contributed by atoms with Gasteiger partial charge in [0, 0.05) is 11.3 Å². The average molecular weight is 161 g/mol. The zero-order valence-corrected chi connectivity index (χ0v) is 7.89. The van der Waals surface area contributed by atoms with Gasteiger partial charge in [0.05, 0.1) is 0 Å². The Balaban J connectivity index is 3.31. The highest BCUT2D eigenvalue weighted by Gasteiger charge is 2.02. The quantitative estimate of drug-likeness (QED) is 0.673. The van der Waals surface area contributed by atoms with Crippen molar-refractivity contribution in [2.24, 2.45) is 5.73 Å². The van der Waals surface area contributed by atoms with Gasteiger partial charge in [-0.15, -0.1) is 0 Å². The molecule has 0 amide bonds. The lowest BCUT2D eigenvalue weighted by molar-refractivity contribution is 1.31. The Labute approximate surface area is 73.9 Å². The molecule has 1 aromatic rings. The summed E-state index contributed by atoms with van der Waals surface area (Å²) in [5.41, 5.74) is 10.4. The zero-order valence-electron chi connectivity index (χ0n) is 7.89. The van der Waals surface area contributed by atoms with Crippen LogP contribution in [0.2, 0.25) is 0 Å². The number of hydrogen-bond donors (Lipinski definition) is 1. The number of nitrogens with two attached hydrogens (primary N) is 1. The highest BCUT2D eigenvalue weighted by molar-refractivity contribution is 5.67. The van der Waals surface area contributed by atoms with E-state index in [1.54, 1.807) is 0 Å². The molecule has 0 heterocycles. The van der Waals surface area contributed by atoms with E-state index in [-0.39, 0.29) is 0 Å². The summed E-state index contributed by atoms with van der Waals surface area (Å²) in [5.74, 6) is 0. The molecule has 0 radical (unpaired) electrons. The minimum absolute atomic E-state index is 0.866. The van der Waals surface area contributed by atoms with Gasteiger partial charge in [0.1, 0.15) is 0 Å². The summed E-state index contributed by atoms with van der Waals surface area (Å²) < 4.78 is 0. The van der Waals surface area contributed by atoms with Crippen LogP contribution >= 0.6 is 0 Å². The Hall–Kier alpha value is -1.24. The van der Waals surface area contributed by atoms with Crippen LogP contribution in [-0.4, -0.2) is 0 Å². The molecular formula is C11H15N. The first kappa shape index (κ1) is 8.85. The van der Waals surface area contributed by atoms with Crippen LogP contribution in [0.25, 0.3) is 5.70 Å². The Bertz CT molecular complexity index is 291. The predicted molar refractivity (Wildman–Crippen MR) is 53.8 cm³/mol. The predicted octanol–water partition coefficient (Wildman–Crippen LogP) is 2.62. The fourth-order valence-electron chi connectivity index (χ4n) is 1.41. The molecule has 0 aliphatic rings. The standard InChI is InChI=1S/C11H15N/c1-4-10(12)11-8(2)6-5-7-9(11)3/h4-7H,12H2,1-3H3/b10-4-. The second kappa shape index (κ2) is 3.44. The summed E-state index contributed by atoms with van der Waals surface area (Å²) in [7, 11) is 0. The Morgan fingerprint density at radius 2 is 1.75 bits per heavy atom. The van der Waals surface area contributed by atoms with Gasteiger partial charge < -0.3 is 5.73 Å². The van der Waals surface area contributed by atoms with Gasteiger partial charge in [-0.3, -0.25) is 0 Å². The number of rotatable bonds is 1. The lowest BCUT2D eigenvalue weighted by atomic mass is 10.0. The minimum Gasteiger partial charge on any atom is -0.398 e. The molecule has 0 unspecified atom stereocenters. The van der Waals surface area contributed by atoms with Crippen LogP contribution in [-0.2, 0) is 0 Å². The molecule has 0 aliphatic carbocycles. The molecule has 0 spiro atoms. The van der Waals surface area contributed by atoms with Crippen LogP contribution in [0.15, 0.2) is 24.3 Å². The molecule has 0 aliphatic heterocycles. The molecule has 0 fully saturated rings. The molecule has 0 bridgehead atoms. The average Bonchev–Trinajstić information content (AvgIpc) is 2.03. The summed E-state index contributed by atoms with van der Waals surface area (Å²) in [6, 6.07) is 6.22. The lowest BCUT2D eigenvalue weighted by Gasteiger charge is -2.08. The second-order valence-electron chi connectivity index (χ2n) is 3.01. The molecule has 1 heteroatoms. The van der Waals surface area contributed by atoms with E-state index in [1.165, 1.54) is 16.7 Å². The first-order valence-corrected chi connectivity index (χ1v) is 4.15. The van der Waals surface area contributed by atoms with Crippen molar-refractivity contribution in [1.29, 1.82) is 0 Å². The third-order valence-corrected chi connectivity index (χ3v) is 2.08. The fourth-order valence-corrected chi connectivity index (χ4v) is 1.41. The van der Waals surface area contributed by atoms with Crippen LogP contribution in [0.4, 0.5) is 0 Å². The number of aryl methyl sites for hydroxylation is 2. The maximum atomic E-state index is 5.86. The maximum Gasteiger partial charge on any atom is 0.0349 e. The summed E-state index contributed by atoms with van der Waals surface area (Å²) in [5, 5.41) is 0. The smallest absolute Gasteiger partial charge is 0.0349 e. The first-order valence-electron chi connectivity index (χ1n) is 4.15. The van der Waals surface area contributed by atoms with Gasteiger partial charge in [0.2, 0.25) is 0 Å². The molecule has 64 valence electrons. The topological polar surface area (TPSA) is 26.0 Å². The van der Waals surface area contributed by atoms with E-state index in [4.69, 9.17) is 5.73 Å². The van der Waals surface area contributed by atoms with E-state index < -0.39 is 0 Å². The summed E-state index contributed by atoms with van der Waals surface area (Å²) in [6.07, 6.45) is 1.94. The van der Waals surface area contributed by atoms with Crippen molar-refractivity contribution in [1.82, 2.24) is 0 Å². The molecule has 1 rings (SSSR count). The minimum atomic E-state index is 0.866. The summed E-state index contributed by atoms with van der Waals surface area (Å²) >= 11 is 0. The second-order valence-corrected chi connectivity index (χ2v) is 3.01. The van der Waals surface area contributed by atoms with Crippen molar-refractivity contribution >= 4 is 5.70 Å². The molecule has 0 saturated heterocycles. The molecule has 0 atom stereocenters. The van der Waals surface area contributed by atoms with Crippen molar-refractivity contribution in [3.05, 3.63) is 41.0 Å². The molecule has 1 nitrogen and oxygen atoms in total. The molecule has 12 heavy (non-hydrogen) atoms. The van der Waals surface area contributed by atoms with Crippen molar-refractivity contribution in [2.75, 3.05) is 0 Å². The maximum absolute atomic E-state index is 5.86. The van der Waals surface area contributed by atoms with E-state index in [2.05, 4.69) is 32.0 Å². The normalized spacial score (nSPS) is 11.8. The Morgan fingerprint density at radius 3 is 2.17 bits per heavy atom. The van der Waals surface area contributed by atoms with Gasteiger partial charge in [-0.1, -0.05) is 24.3 Å². The van der Waals surface area contributed by atoms with Crippen molar-refractivity contribution in [3.8, 4) is 0 Å². The SMILES string of the molecule is C/C=C(\N)c1c(C)cccc1C. The van der Waals surface area contributed by atoms with Crippen LogP contribution < -0.4 is 5.73 Å². The highest BCUT2D eigenvalue weighted by atomic mass is 14.6. The van der Waals surface area contributed by atoms with Crippen molar-refractivity contribution in [2.45, 2.75) is 20.8 Å². The van der Waals surface area contributed by atoms with Gasteiger partial charge in [0.25, 0.3) is 0 Å². The molecule has 0 aromatic heterocycles. The number of hydrogen-bond acceptors (Lipinski definition) is 1. The Kier molecular flexibility index (Phi) is 2.54. The van der Waals surface area contributed by atoms with E-state index in [9.17, 15) is 0 Å². The van der Waals surface area contributed by atoms with E-state index in [0.717, 1.165) is 5.70 Å². The number of benzene rings is 1. The van der Waals surface area contributed by atoms with Gasteiger partial charge in [-0.2, -0.15) is 0 Å². The third kappa shape index (κ3) is 1.50. The van der Waals surface area contributed by atoms with Gasteiger partial charge in [-0.25, -0.2) is 0 Å². The monoisotopic (exact) mass is 161 g/mol. The third-order valence-electron chi connectivity index (χ3n) is 2.08. The van der Waals surface area contributed by atoms with E-state index in [0.29, 0.717) is 0 Å². The number of allylic oxidation sites excluding steroid dienone is 1. The summed E-state index contributed by atoms with van der Waals surface area (Å²) in [4.78, 5) is 0. The highest BCUT2D eigenvalue weighted by Crippen LogP contribution is 2.18. The largest absolute Gasteiger partial charge is 0.398 e. The first-order chi connectivity index (χ1) is 5.66. The molecule has 1 aromatic carbocycles. The van der Waals surface area contributed by atoms with Crippen LogP contribution in [0.3, 0.4) is 0 Å². The summed E-state index contributed by atoms with van der Waals surface area (Å²) in [6.45, 7) is 6.12. The van der Waals surface area contributed by atoms with Gasteiger partial charge >= 0.3 is 0 Å². The zero-order chi connectivity index (χ0) is 9.14. The van der Waals surface area contributed by atoms with E-state index in [1.807, 2.05) is 13.0 Å². The van der Waals surface area contributed by atoms with Gasteiger partial charge in [-0.05, 0) is 31.9 Å². The molecular weight excluding hydrogens is 146 g/mol. The van der Waals surface area contributed by atoms with Crippen molar-refractivity contribution < 1.29 is 0 Å². The van der Waals surface area contributed by atoms with Crippen molar-refractivity contribution in [3.63, 3.8) is 0 Å². The lowest BCUT2D eigenvalue weighted by Crippen LogP contribution is -2.00. The van der Waals surface area contributed by atoms with Crippen LogP contribution in [0, 0.1) is 13.8 Å². The Morgan fingerprint density at radius 1 is 1.25 bits per heavy atom. The van der Waals surface area contributed by atoms with Gasteiger partial charge in [0.15, 0.2) is 0 Å². The fraction of sp³-hybridized carbons (Fsp3) is 0.273.